The van der Waals surface area contributed by atoms with Gasteiger partial charge in [0.1, 0.15) is 0 Å². The van der Waals surface area contributed by atoms with Crippen molar-refractivity contribution < 1.29 is 19.4 Å². The smallest absolute Gasteiger partial charge is 0.307 e. The summed E-state index contributed by atoms with van der Waals surface area (Å²) in [5.74, 6) is -1.55. The summed E-state index contributed by atoms with van der Waals surface area (Å²) in [5.41, 5.74) is 0. The van der Waals surface area contributed by atoms with Crippen molar-refractivity contribution in [2.45, 2.75) is 38.6 Å². The van der Waals surface area contributed by atoms with Crippen LogP contribution in [0.3, 0.4) is 0 Å². The summed E-state index contributed by atoms with van der Waals surface area (Å²) in [6.45, 7) is 3.31. The zero-order valence-electron chi connectivity index (χ0n) is 10.7. The number of amides is 1. The lowest BCUT2D eigenvalue weighted by Crippen LogP contribution is -2.44. The summed E-state index contributed by atoms with van der Waals surface area (Å²) < 4.78 is 5.31. The average molecular weight is 255 g/mol. The molecule has 2 N–H and O–H groups in total. The highest BCUT2D eigenvalue weighted by Gasteiger charge is 2.41. The Morgan fingerprint density at radius 3 is 2.61 bits per heavy atom. The number of hydrogen-bond donors (Lipinski definition) is 2. The second-order valence-corrected chi connectivity index (χ2v) is 5.55. The van der Waals surface area contributed by atoms with Gasteiger partial charge in [0.2, 0.25) is 5.91 Å². The number of rotatable bonds is 3. The summed E-state index contributed by atoms with van der Waals surface area (Å²) in [6, 6.07) is 0.0524. The van der Waals surface area contributed by atoms with Crippen molar-refractivity contribution in [1.29, 1.82) is 0 Å². The molecule has 102 valence electrons. The zero-order valence-corrected chi connectivity index (χ0v) is 10.7. The number of ether oxygens (including phenoxy) is 1. The first-order valence-electron chi connectivity index (χ1n) is 6.69. The molecule has 1 saturated heterocycles. The molecule has 0 aromatic heterocycles. The summed E-state index contributed by atoms with van der Waals surface area (Å²) in [6.07, 6.45) is 3.16. The summed E-state index contributed by atoms with van der Waals surface area (Å²) in [7, 11) is 0. The molecule has 0 aromatic carbocycles. The minimum Gasteiger partial charge on any atom is -0.481 e. The Hall–Kier alpha value is -1.10. The molecule has 0 aromatic rings. The van der Waals surface area contributed by atoms with Crippen LogP contribution in [0.2, 0.25) is 0 Å². The van der Waals surface area contributed by atoms with E-state index in [1.807, 2.05) is 6.92 Å². The van der Waals surface area contributed by atoms with Crippen molar-refractivity contribution in [3.05, 3.63) is 0 Å². The molecule has 0 bridgehead atoms. The van der Waals surface area contributed by atoms with Crippen LogP contribution >= 0.6 is 0 Å². The predicted molar refractivity (Wildman–Crippen MR) is 65.0 cm³/mol. The summed E-state index contributed by atoms with van der Waals surface area (Å²) in [5, 5.41) is 12.1. The molecule has 2 fully saturated rings. The molecule has 4 atom stereocenters. The van der Waals surface area contributed by atoms with Gasteiger partial charge in [-0.3, -0.25) is 9.59 Å². The van der Waals surface area contributed by atoms with E-state index >= 15 is 0 Å². The first-order valence-corrected chi connectivity index (χ1v) is 6.69. The molecule has 2 rings (SSSR count). The van der Waals surface area contributed by atoms with Gasteiger partial charge in [-0.2, -0.15) is 0 Å². The van der Waals surface area contributed by atoms with Crippen molar-refractivity contribution in [3.8, 4) is 0 Å². The third-order valence-electron chi connectivity index (χ3n) is 3.96. The second kappa shape index (κ2) is 5.69. The van der Waals surface area contributed by atoms with Crippen LogP contribution in [0.4, 0.5) is 0 Å². The highest BCUT2D eigenvalue weighted by molar-refractivity contribution is 5.85. The van der Waals surface area contributed by atoms with E-state index < -0.39 is 11.9 Å². The van der Waals surface area contributed by atoms with Crippen molar-refractivity contribution >= 4 is 11.9 Å². The molecule has 1 heterocycles. The third kappa shape index (κ3) is 3.02. The summed E-state index contributed by atoms with van der Waals surface area (Å²) >= 11 is 0. The highest BCUT2D eigenvalue weighted by Crippen LogP contribution is 2.36. The maximum Gasteiger partial charge on any atom is 0.307 e. The maximum atomic E-state index is 12.1. The molecule has 0 radical (unpaired) electrons. The topological polar surface area (TPSA) is 75.6 Å². The lowest BCUT2D eigenvalue weighted by Gasteiger charge is -2.25. The molecule has 4 unspecified atom stereocenters. The number of carboxylic acid groups (broad SMARTS) is 1. The molecule has 1 saturated carbocycles. The highest BCUT2D eigenvalue weighted by atomic mass is 16.5. The number of aliphatic carboxylic acids is 1. The van der Waals surface area contributed by atoms with Crippen molar-refractivity contribution in [2.24, 2.45) is 17.8 Å². The SMILES string of the molecule is CC1CC(C(=O)O)C(C(=O)NC2CCCOC2)C1. The van der Waals surface area contributed by atoms with E-state index in [1.54, 1.807) is 0 Å². The van der Waals surface area contributed by atoms with E-state index in [2.05, 4.69) is 5.32 Å². The average Bonchev–Trinajstić information content (AvgIpc) is 2.73. The Morgan fingerprint density at radius 1 is 1.28 bits per heavy atom. The van der Waals surface area contributed by atoms with Gasteiger partial charge in [-0.05, 0) is 31.6 Å². The molecule has 1 aliphatic heterocycles. The van der Waals surface area contributed by atoms with Crippen LogP contribution in [0.5, 0.6) is 0 Å². The first kappa shape index (κ1) is 13.3. The van der Waals surface area contributed by atoms with Gasteiger partial charge in [0.15, 0.2) is 0 Å². The zero-order chi connectivity index (χ0) is 13.1. The number of hydrogen-bond acceptors (Lipinski definition) is 3. The van der Waals surface area contributed by atoms with E-state index in [0.29, 0.717) is 25.4 Å². The molecule has 5 heteroatoms. The summed E-state index contributed by atoms with van der Waals surface area (Å²) in [4.78, 5) is 23.3. The lowest BCUT2D eigenvalue weighted by atomic mass is 9.95. The monoisotopic (exact) mass is 255 g/mol. The van der Waals surface area contributed by atoms with E-state index in [-0.39, 0.29) is 17.9 Å². The van der Waals surface area contributed by atoms with Crippen molar-refractivity contribution in [3.63, 3.8) is 0 Å². The van der Waals surface area contributed by atoms with Gasteiger partial charge in [-0.1, -0.05) is 6.92 Å². The fraction of sp³-hybridized carbons (Fsp3) is 0.846. The van der Waals surface area contributed by atoms with E-state index in [0.717, 1.165) is 19.4 Å². The van der Waals surface area contributed by atoms with E-state index in [9.17, 15) is 9.59 Å². The Balaban J connectivity index is 1.92. The molecular weight excluding hydrogens is 234 g/mol. The number of carbonyl (C=O) groups is 2. The molecule has 0 spiro atoms. The standard InChI is InChI=1S/C13H21NO4/c1-8-5-10(11(6-8)13(16)17)12(15)14-9-3-2-4-18-7-9/h8-11H,2-7H2,1H3,(H,14,15)(H,16,17). The fourth-order valence-corrected chi connectivity index (χ4v) is 3.02. The van der Waals surface area contributed by atoms with E-state index in [4.69, 9.17) is 9.84 Å². The minimum atomic E-state index is -0.848. The first-order chi connectivity index (χ1) is 8.58. The Kier molecular flexibility index (Phi) is 4.22. The quantitative estimate of drug-likeness (QED) is 0.789. The van der Waals surface area contributed by atoms with Gasteiger partial charge >= 0.3 is 5.97 Å². The Bertz CT molecular complexity index is 325. The van der Waals surface area contributed by atoms with Crippen LogP contribution in [0.1, 0.15) is 32.6 Å². The van der Waals surface area contributed by atoms with Gasteiger partial charge < -0.3 is 15.2 Å². The number of carbonyl (C=O) groups excluding carboxylic acids is 1. The normalized spacial score (nSPS) is 36.3. The molecule has 5 nitrogen and oxygen atoms in total. The minimum absolute atomic E-state index is 0.0524. The van der Waals surface area contributed by atoms with Crippen LogP contribution in [0.15, 0.2) is 0 Å². The molecule has 1 amide bonds. The predicted octanol–water partition coefficient (Wildman–Crippen LogP) is 1.03. The van der Waals surface area contributed by atoms with Gasteiger partial charge in [-0.15, -0.1) is 0 Å². The van der Waals surface area contributed by atoms with Crippen molar-refractivity contribution in [1.82, 2.24) is 5.32 Å². The molecule has 18 heavy (non-hydrogen) atoms. The maximum absolute atomic E-state index is 12.1. The fourth-order valence-electron chi connectivity index (χ4n) is 3.02. The largest absolute Gasteiger partial charge is 0.481 e. The van der Waals surface area contributed by atoms with Crippen LogP contribution in [-0.4, -0.2) is 36.2 Å². The van der Waals surface area contributed by atoms with Crippen molar-refractivity contribution in [2.75, 3.05) is 13.2 Å². The van der Waals surface area contributed by atoms with Crippen LogP contribution in [0.25, 0.3) is 0 Å². The van der Waals surface area contributed by atoms with Gasteiger partial charge in [-0.25, -0.2) is 0 Å². The van der Waals surface area contributed by atoms with Crippen LogP contribution in [0, 0.1) is 17.8 Å². The lowest BCUT2D eigenvalue weighted by molar-refractivity contribution is -0.146. The van der Waals surface area contributed by atoms with Crippen LogP contribution < -0.4 is 5.32 Å². The van der Waals surface area contributed by atoms with Gasteiger partial charge in [0.05, 0.1) is 24.5 Å². The molecule has 2 aliphatic rings. The number of nitrogens with one attached hydrogen (secondary N) is 1. The van der Waals surface area contributed by atoms with Gasteiger partial charge in [0.25, 0.3) is 0 Å². The molecular formula is C13H21NO4. The Morgan fingerprint density at radius 2 is 2.00 bits per heavy atom. The molecule has 1 aliphatic carbocycles. The van der Waals surface area contributed by atoms with Crippen LogP contribution in [-0.2, 0) is 14.3 Å². The number of carboxylic acids is 1. The third-order valence-corrected chi connectivity index (χ3v) is 3.96. The Labute approximate surface area is 107 Å². The van der Waals surface area contributed by atoms with Gasteiger partial charge in [0, 0.05) is 6.61 Å². The second-order valence-electron chi connectivity index (χ2n) is 5.55. The van der Waals surface area contributed by atoms with E-state index in [1.165, 1.54) is 0 Å².